The van der Waals surface area contributed by atoms with Gasteiger partial charge in [0.25, 0.3) is 0 Å². The van der Waals surface area contributed by atoms with Crippen LogP contribution in [0, 0.1) is 0 Å². The molecule has 1 aromatic carbocycles. The molecule has 0 saturated carbocycles. The molecule has 1 aromatic rings. The zero-order chi connectivity index (χ0) is 14.6. The Balaban J connectivity index is 2.82. The molecule has 0 fully saturated rings. The van der Waals surface area contributed by atoms with Crippen molar-refractivity contribution in [2.75, 3.05) is 13.7 Å². The van der Waals surface area contributed by atoms with Crippen LogP contribution in [-0.2, 0) is 10.2 Å². The summed E-state index contributed by atoms with van der Waals surface area (Å²) in [5.74, 6) is 0.653. The Morgan fingerprint density at radius 2 is 2.16 bits per heavy atom. The van der Waals surface area contributed by atoms with E-state index >= 15 is 0 Å². The SMILES string of the molecule is COc1ccc(C(C)(C)CNC(=O)C(C)N)cc1Br. The lowest BCUT2D eigenvalue weighted by Gasteiger charge is -2.26. The van der Waals surface area contributed by atoms with E-state index in [0.29, 0.717) is 6.54 Å². The van der Waals surface area contributed by atoms with Gasteiger partial charge in [-0.05, 0) is 40.5 Å². The Morgan fingerprint density at radius 3 is 2.63 bits per heavy atom. The number of nitrogens with two attached hydrogens (primary N) is 1. The molecular weight excluding hydrogens is 308 g/mol. The van der Waals surface area contributed by atoms with E-state index < -0.39 is 6.04 Å². The minimum atomic E-state index is -0.488. The molecule has 106 valence electrons. The number of methoxy groups -OCH3 is 1. The highest BCUT2D eigenvalue weighted by molar-refractivity contribution is 9.10. The molecular formula is C14H21BrN2O2. The first-order chi connectivity index (χ1) is 8.77. The van der Waals surface area contributed by atoms with Crippen LogP contribution in [0.1, 0.15) is 26.3 Å². The van der Waals surface area contributed by atoms with Crippen LogP contribution in [0.5, 0.6) is 5.75 Å². The quantitative estimate of drug-likeness (QED) is 0.870. The molecule has 19 heavy (non-hydrogen) atoms. The molecule has 0 radical (unpaired) electrons. The van der Waals surface area contributed by atoms with Crippen LogP contribution in [0.4, 0.5) is 0 Å². The second-order valence-electron chi connectivity index (χ2n) is 5.24. The zero-order valence-corrected chi connectivity index (χ0v) is 13.4. The third kappa shape index (κ3) is 4.21. The predicted octanol–water partition coefficient (Wildman–Crippen LogP) is 2.20. The number of hydrogen-bond acceptors (Lipinski definition) is 3. The molecule has 1 unspecified atom stereocenters. The normalized spacial score (nSPS) is 12.9. The van der Waals surface area contributed by atoms with Crippen molar-refractivity contribution in [3.63, 3.8) is 0 Å². The van der Waals surface area contributed by atoms with Crippen LogP contribution in [0.25, 0.3) is 0 Å². The number of carbonyl (C=O) groups excluding carboxylic acids is 1. The number of rotatable bonds is 5. The fraction of sp³-hybridized carbons (Fsp3) is 0.500. The van der Waals surface area contributed by atoms with Gasteiger partial charge in [-0.3, -0.25) is 4.79 Å². The predicted molar refractivity (Wildman–Crippen MR) is 80.4 cm³/mol. The Bertz CT molecular complexity index is 459. The van der Waals surface area contributed by atoms with Gasteiger partial charge in [-0.2, -0.15) is 0 Å². The molecule has 0 aliphatic heterocycles. The Morgan fingerprint density at radius 1 is 1.53 bits per heavy atom. The minimum absolute atomic E-state index is 0.138. The smallest absolute Gasteiger partial charge is 0.236 e. The van der Waals surface area contributed by atoms with Gasteiger partial charge in [0, 0.05) is 12.0 Å². The summed E-state index contributed by atoms with van der Waals surface area (Å²) in [6.45, 7) is 6.35. The lowest BCUT2D eigenvalue weighted by molar-refractivity contribution is -0.122. The van der Waals surface area contributed by atoms with Crippen molar-refractivity contribution < 1.29 is 9.53 Å². The first-order valence-corrected chi connectivity index (χ1v) is 6.94. The number of amides is 1. The Labute approximate surface area is 122 Å². The second-order valence-corrected chi connectivity index (χ2v) is 6.09. The number of carbonyl (C=O) groups is 1. The molecule has 0 heterocycles. The van der Waals surface area contributed by atoms with Gasteiger partial charge in [0.15, 0.2) is 0 Å². The van der Waals surface area contributed by atoms with E-state index in [0.717, 1.165) is 15.8 Å². The second kappa shape index (κ2) is 6.39. The number of benzene rings is 1. The molecule has 0 aliphatic carbocycles. The molecule has 0 aliphatic rings. The summed E-state index contributed by atoms with van der Waals surface area (Å²) in [5.41, 5.74) is 6.46. The average molecular weight is 329 g/mol. The van der Waals surface area contributed by atoms with E-state index in [1.165, 1.54) is 0 Å². The molecule has 3 N–H and O–H groups in total. The van der Waals surface area contributed by atoms with Crippen molar-refractivity contribution in [1.29, 1.82) is 0 Å². The maximum atomic E-state index is 11.5. The lowest BCUT2D eigenvalue weighted by Crippen LogP contribution is -2.43. The van der Waals surface area contributed by atoms with Crippen molar-refractivity contribution >= 4 is 21.8 Å². The average Bonchev–Trinajstić information content (AvgIpc) is 2.35. The lowest BCUT2D eigenvalue weighted by atomic mass is 9.84. The minimum Gasteiger partial charge on any atom is -0.496 e. The highest BCUT2D eigenvalue weighted by Gasteiger charge is 2.23. The standard InChI is InChI=1S/C14H21BrN2O2/c1-9(16)13(18)17-8-14(2,3)10-5-6-12(19-4)11(15)7-10/h5-7,9H,8,16H2,1-4H3,(H,17,18). The number of nitrogens with one attached hydrogen (secondary N) is 1. The van der Waals surface area contributed by atoms with E-state index in [-0.39, 0.29) is 11.3 Å². The molecule has 0 bridgehead atoms. The topological polar surface area (TPSA) is 64.3 Å². The monoisotopic (exact) mass is 328 g/mol. The van der Waals surface area contributed by atoms with Gasteiger partial charge in [-0.1, -0.05) is 19.9 Å². The van der Waals surface area contributed by atoms with Gasteiger partial charge in [-0.15, -0.1) is 0 Å². The molecule has 1 rings (SSSR count). The van der Waals surface area contributed by atoms with Crippen LogP contribution in [0.2, 0.25) is 0 Å². The number of halogens is 1. The summed E-state index contributed by atoms with van der Waals surface area (Å²) in [6, 6.07) is 5.44. The summed E-state index contributed by atoms with van der Waals surface area (Å²) >= 11 is 3.47. The molecule has 0 saturated heterocycles. The fourth-order valence-electron chi connectivity index (χ4n) is 1.66. The summed E-state index contributed by atoms with van der Waals surface area (Å²) in [6.07, 6.45) is 0. The van der Waals surface area contributed by atoms with Crippen LogP contribution >= 0.6 is 15.9 Å². The van der Waals surface area contributed by atoms with Crippen LogP contribution in [0.3, 0.4) is 0 Å². The Kier molecular flexibility index (Phi) is 5.38. The van der Waals surface area contributed by atoms with Gasteiger partial charge in [0.1, 0.15) is 5.75 Å². The van der Waals surface area contributed by atoms with Gasteiger partial charge < -0.3 is 15.8 Å². The van der Waals surface area contributed by atoms with E-state index in [1.54, 1.807) is 14.0 Å². The van der Waals surface area contributed by atoms with Gasteiger partial charge >= 0.3 is 0 Å². The fourth-order valence-corrected chi connectivity index (χ4v) is 2.20. The molecule has 0 aromatic heterocycles. The number of hydrogen-bond donors (Lipinski definition) is 2. The van der Waals surface area contributed by atoms with Crippen molar-refractivity contribution in [2.45, 2.75) is 32.2 Å². The van der Waals surface area contributed by atoms with Crippen molar-refractivity contribution in [3.8, 4) is 5.75 Å². The van der Waals surface area contributed by atoms with E-state index in [1.807, 2.05) is 18.2 Å². The third-order valence-electron chi connectivity index (χ3n) is 3.05. The maximum absolute atomic E-state index is 11.5. The zero-order valence-electron chi connectivity index (χ0n) is 11.8. The van der Waals surface area contributed by atoms with Crippen LogP contribution < -0.4 is 15.8 Å². The van der Waals surface area contributed by atoms with E-state index in [4.69, 9.17) is 10.5 Å². The maximum Gasteiger partial charge on any atom is 0.236 e. The highest BCUT2D eigenvalue weighted by atomic mass is 79.9. The molecule has 4 nitrogen and oxygen atoms in total. The number of ether oxygens (including phenoxy) is 1. The molecule has 1 atom stereocenters. The van der Waals surface area contributed by atoms with Gasteiger partial charge in [-0.25, -0.2) is 0 Å². The first kappa shape index (κ1) is 16.0. The summed E-state index contributed by atoms with van der Waals surface area (Å²) < 4.78 is 6.11. The molecule has 0 spiro atoms. The first-order valence-electron chi connectivity index (χ1n) is 6.15. The third-order valence-corrected chi connectivity index (χ3v) is 3.67. The van der Waals surface area contributed by atoms with E-state index in [2.05, 4.69) is 35.1 Å². The Hall–Kier alpha value is -1.07. The van der Waals surface area contributed by atoms with Crippen LogP contribution in [-0.4, -0.2) is 25.6 Å². The highest BCUT2D eigenvalue weighted by Crippen LogP contribution is 2.31. The van der Waals surface area contributed by atoms with Gasteiger partial charge in [0.05, 0.1) is 17.6 Å². The summed E-state index contributed by atoms with van der Waals surface area (Å²) in [5, 5.41) is 2.86. The molecule has 1 amide bonds. The molecule has 5 heteroatoms. The van der Waals surface area contributed by atoms with Gasteiger partial charge in [0.2, 0.25) is 5.91 Å². The van der Waals surface area contributed by atoms with Crippen molar-refractivity contribution in [3.05, 3.63) is 28.2 Å². The largest absolute Gasteiger partial charge is 0.496 e. The summed E-state index contributed by atoms with van der Waals surface area (Å²) in [7, 11) is 1.63. The van der Waals surface area contributed by atoms with Crippen LogP contribution in [0.15, 0.2) is 22.7 Å². The van der Waals surface area contributed by atoms with E-state index in [9.17, 15) is 4.79 Å². The van der Waals surface area contributed by atoms with Crippen molar-refractivity contribution in [1.82, 2.24) is 5.32 Å². The van der Waals surface area contributed by atoms with Crippen molar-refractivity contribution in [2.24, 2.45) is 5.73 Å². The summed E-state index contributed by atoms with van der Waals surface area (Å²) in [4.78, 5) is 11.5.